The molecule has 112 valence electrons. The first-order valence-corrected chi connectivity index (χ1v) is 8.41. The van der Waals surface area contributed by atoms with Crippen molar-refractivity contribution in [3.8, 4) is 11.1 Å². The SMILES string of the molecule is CC(=O)[C@@H](C)n1cnc2scc(-c3ccc(Br)cc3)c2c1=O. The molecule has 6 heteroatoms. The second-order valence-corrected chi connectivity index (χ2v) is 6.85. The Morgan fingerprint density at radius 1 is 1.32 bits per heavy atom. The Labute approximate surface area is 139 Å². The first kappa shape index (κ1) is 15.1. The standard InChI is InChI=1S/C16H13BrN2O2S/c1-9(10(2)20)19-8-18-15-14(16(19)21)13(7-22-15)11-3-5-12(17)6-4-11/h3-9H,1-2H3/t9-/m1/s1. The van der Waals surface area contributed by atoms with Gasteiger partial charge < -0.3 is 0 Å². The number of Topliss-reactive ketones (excluding diaryl/α,β-unsaturated/α-hetero) is 1. The lowest BCUT2D eigenvalue weighted by Crippen LogP contribution is -2.27. The maximum absolute atomic E-state index is 12.8. The minimum Gasteiger partial charge on any atom is -0.298 e. The monoisotopic (exact) mass is 376 g/mol. The number of benzene rings is 1. The lowest BCUT2D eigenvalue weighted by molar-refractivity contribution is -0.119. The average molecular weight is 377 g/mol. The molecular weight excluding hydrogens is 364 g/mol. The largest absolute Gasteiger partial charge is 0.298 e. The summed E-state index contributed by atoms with van der Waals surface area (Å²) in [5.74, 6) is -0.0660. The second-order valence-electron chi connectivity index (χ2n) is 5.08. The number of aromatic nitrogens is 2. The summed E-state index contributed by atoms with van der Waals surface area (Å²) in [4.78, 5) is 29.4. The van der Waals surface area contributed by atoms with Crippen LogP contribution < -0.4 is 5.56 Å². The zero-order chi connectivity index (χ0) is 15.9. The summed E-state index contributed by atoms with van der Waals surface area (Å²) in [7, 11) is 0. The molecule has 0 N–H and O–H groups in total. The van der Waals surface area contributed by atoms with Gasteiger partial charge in [0, 0.05) is 15.4 Å². The van der Waals surface area contributed by atoms with Crippen LogP contribution in [0.1, 0.15) is 19.9 Å². The molecule has 2 heterocycles. The zero-order valence-corrected chi connectivity index (χ0v) is 14.4. The van der Waals surface area contributed by atoms with Crippen molar-refractivity contribution < 1.29 is 4.79 Å². The van der Waals surface area contributed by atoms with Crippen LogP contribution in [0.5, 0.6) is 0 Å². The van der Waals surface area contributed by atoms with Crippen molar-refractivity contribution in [3.05, 3.63) is 50.8 Å². The Bertz CT molecular complexity index is 912. The van der Waals surface area contributed by atoms with E-state index in [2.05, 4.69) is 20.9 Å². The molecule has 3 aromatic rings. The first-order valence-electron chi connectivity index (χ1n) is 6.73. The fourth-order valence-electron chi connectivity index (χ4n) is 2.26. The van der Waals surface area contributed by atoms with Crippen LogP contribution in [-0.2, 0) is 4.79 Å². The third-order valence-electron chi connectivity index (χ3n) is 3.68. The van der Waals surface area contributed by atoms with E-state index < -0.39 is 6.04 Å². The van der Waals surface area contributed by atoms with E-state index in [1.54, 1.807) is 6.92 Å². The Balaban J connectivity index is 2.25. The zero-order valence-electron chi connectivity index (χ0n) is 12.0. The van der Waals surface area contributed by atoms with Gasteiger partial charge in [-0.3, -0.25) is 14.2 Å². The molecule has 1 aromatic carbocycles. The van der Waals surface area contributed by atoms with Gasteiger partial charge in [0.2, 0.25) is 0 Å². The first-order chi connectivity index (χ1) is 10.5. The van der Waals surface area contributed by atoms with Gasteiger partial charge in [0.1, 0.15) is 4.83 Å². The molecule has 0 saturated carbocycles. The average Bonchev–Trinajstić information content (AvgIpc) is 2.92. The van der Waals surface area contributed by atoms with Crippen molar-refractivity contribution in [2.45, 2.75) is 19.9 Å². The number of thiophene rings is 1. The molecule has 0 amide bonds. The molecule has 1 atom stereocenters. The van der Waals surface area contributed by atoms with Crippen molar-refractivity contribution in [1.29, 1.82) is 0 Å². The highest BCUT2D eigenvalue weighted by Crippen LogP contribution is 2.31. The van der Waals surface area contributed by atoms with Crippen molar-refractivity contribution in [2.24, 2.45) is 0 Å². The Kier molecular flexibility index (Phi) is 3.97. The molecule has 4 nitrogen and oxygen atoms in total. The summed E-state index contributed by atoms with van der Waals surface area (Å²) in [6.07, 6.45) is 1.46. The van der Waals surface area contributed by atoms with Gasteiger partial charge in [-0.15, -0.1) is 11.3 Å². The minimum absolute atomic E-state index is 0.0660. The number of carbonyl (C=O) groups excluding carboxylic acids is 1. The highest BCUT2D eigenvalue weighted by atomic mass is 79.9. The molecule has 0 bridgehead atoms. The van der Waals surface area contributed by atoms with Crippen LogP contribution in [0.3, 0.4) is 0 Å². The molecule has 0 spiro atoms. The molecule has 0 unspecified atom stereocenters. The van der Waals surface area contributed by atoms with Crippen LogP contribution in [0.4, 0.5) is 0 Å². The Hall–Kier alpha value is -1.79. The van der Waals surface area contributed by atoms with E-state index in [0.29, 0.717) is 10.2 Å². The van der Waals surface area contributed by atoms with Gasteiger partial charge in [-0.05, 0) is 31.5 Å². The van der Waals surface area contributed by atoms with Gasteiger partial charge in [0.05, 0.1) is 17.8 Å². The fraction of sp³-hybridized carbons (Fsp3) is 0.188. The molecule has 0 saturated heterocycles. The number of hydrogen-bond acceptors (Lipinski definition) is 4. The maximum Gasteiger partial charge on any atom is 0.263 e. The molecule has 2 aromatic heterocycles. The highest BCUT2D eigenvalue weighted by Gasteiger charge is 2.17. The fourth-order valence-corrected chi connectivity index (χ4v) is 3.43. The number of halogens is 1. The number of hydrogen-bond donors (Lipinski definition) is 0. The summed E-state index contributed by atoms with van der Waals surface area (Å²) in [6, 6.07) is 7.27. The van der Waals surface area contributed by atoms with Crippen LogP contribution in [0.15, 0.2) is 45.2 Å². The van der Waals surface area contributed by atoms with Crippen molar-refractivity contribution in [2.75, 3.05) is 0 Å². The summed E-state index contributed by atoms with van der Waals surface area (Å²) in [5.41, 5.74) is 1.64. The maximum atomic E-state index is 12.8. The Morgan fingerprint density at radius 3 is 2.64 bits per heavy atom. The van der Waals surface area contributed by atoms with Crippen LogP contribution in [-0.4, -0.2) is 15.3 Å². The third kappa shape index (κ3) is 2.53. The molecule has 0 fully saturated rings. The van der Waals surface area contributed by atoms with Gasteiger partial charge in [0.25, 0.3) is 5.56 Å². The molecule has 0 aliphatic heterocycles. The molecule has 0 radical (unpaired) electrons. The van der Waals surface area contributed by atoms with E-state index in [9.17, 15) is 9.59 Å². The number of fused-ring (bicyclic) bond motifs is 1. The van der Waals surface area contributed by atoms with E-state index in [0.717, 1.165) is 15.6 Å². The molecule has 0 aliphatic carbocycles. The second kappa shape index (κ2) is 5.78. The molecule has 22 heavy (non-hydrogen) atoms. The summed E-state index contributed by atoms with van der Waals surface area (Å²) < 4.78 is 2.39. The van der Waals surface area contributed by atoms with Crippen LogP contribution in [0.2, 0.25) is 0 Å². The predicted molar refractivity (Wildman–Crippen MR) is 92.4 cm³/mol. The van der Waals surface area contributed by atoms with E-state index in [4.69, 9.17) is 0 Å². The highest BCUT2D eigenvalue weighted by molar-refractivity contribution is 9.10. The molecule has 0 aliphatic rings. The van der Waals surface area contributed by atoms with Gasteiger partial charge in [-0.1, -0.05) is 28.1 Å². The number of carbonyl (C=O) groups is 1. The van der Waals surface area contributed by atoms with Crippen LogP contribution >= 0.6 is 27.3 Å². The van der Waals surface area contributed by atoms with Gasteiger partial charge in [-0.25, -0.2) is 4.98 Å². The number of nitrogens with zero attached hydrogens (tertiary/aromatic N) is 2. The smallest absolute Gasteiger partial charge is 0.263 e. The normalized spacial score (nSPS) is 12.5. The summed E-state index contributed by atoms with van der Waals surface area (Å²) in [5, 5.41) is 2.51. The van der Waals surface area contributed by atoms with Gasteiger partial charge in [-0.2, -0.15) is 0 Å². The number of ketones is 1. The van der Waals surface area contributed by atoms with E-state index >= 15 is 0 Å². The van der Waals surface area contributed by atoms with Gasteiger partial charge >= 0.3 is 0 Å². The lowest BCUT2D eigenvalue weighted by Gasteiger charge is -2.11. The number of rotatable bonds is 3. The molecule has 3 rings (SSSR count). The third-order valence-corrected chi connectivity index (χ3v) is 5.10. The van der Waals surface area contributed by atoms with Crippen molar-refractivity contribution in [1.82, 2.24) is 9.55 Å². The van der Waals surface area contributed by atoms with Gasteiger partial charge in [0.15, 0.2) is 5.78 Å². The predicted octanol–water partition coefficient (Wildman–Crippen LogP) is 4.04. The minimum atomic E-state index is -0.512. The van der Waals surface area contributed by atoms with Crippen molar-refractivity contribution in [3.63, 3.8) is 0 Å². The lowest BCUT2D eigenvalue weighted by atomic mass is 10.1. The van der Waals surface area contributed by atoms with Crippen LogP contribution in [0, 0.1) is 0 Å². The van der Waals surface area contributed by atoms with E-state index in [-0.39, 0.29) is 11.3 Å². The summed E-state index contributed by atoms with van der Waals surface area (Å²) in [6.45, 7) is 3.19. The van der Waals surface area contributed by atoms with E-state index in [1.807, 2.05) is 29.6 Å². The molecular formula is C16H13BrN2O2S. The quantitative estimate of drug-likeness (QED) is 0.692. The van der Waals surface area contributed by atoms with E-state index in [1.165, 1.54) is 29.2 Å². The Morgan fingerprint density at radius 2 is 2.00 bits per heavy atom. The topological polar surface area (TPSA) is 52.0 Å². The van der Waals surface area contributed by atoms with Crippen molar-refractivity contribution >= 4 is 43.3 Å². The summed E-state index contributed by atoms with van der Waals surface area (Å²) >= 11 is 4.84. The van der Waals surface area contributed by atoms with Crippen LogP contribution in [0.25, 0.3) is 21.3 Å².